The highest BCUT2D eigenvalue weighted by molar-refractivity contribution is 5.76. The first-order valence-electron chi connectivity index (χ1n) is 7.89. The summed E-state index contributed by atoms with van der Waals surface area (Å²) in [4.78, 5) is 14.2. The molecule has 0 aliphatic carbocycles. The number of hydrogen-bond donors (Lipinski definition) is 1. The standard InChI is InChI=1S/C17H25NO3/c19-13-11-15-7-4-5-12-18(15)17(20)10-6-14-21-16-8-2-1-3-9-16/h1-3,8-9,15,19H,4-7,10-14H2/t15-/m1/s1. The molecule has 116 valence electrons. The minimum absolute atomic E-state index is 0.158. The lowest BCUT2D eigenvalue weighted by atomic mass is 9.99. The third-order valence-electron chi connectivity index (χ3n) is 3.96. The molecule has 0 saturated carbocycles. The van der Waals surface area contributed by atoms with E-state index >= 15 is 0 Å². The van der Waals surface area contributed by atoms with E-state index in [4.69, 9.17) is 9.84 Å². The van der Waals surface area contributed by atoms with Crippen LogP contribution in [0.2, 0.25) is 0 Å². The van der Waals surface area contributed by atoms with Crippen LogP contribution in [0.5, 0.6) is 5.75 Å². The summed E-state index contributed by atoms with van der Waals surface area (Å²) in [6, 6.07) is 9.90. The van der Waals surface area contributed by atoms with Crippen molar-refractivity contribution in [2.45, 2.75) is 44.6 Å². The lowest BCUT2D eigenvalue weighted by molar-refractivity contribution is -0.135. The van der Waals surface area contributed by atoms with Gasteiger partial charge in [0.2, 0.25) is 5.91 Å². The third kappa shape index (κ3) is 5.05. The van der Waals surface area contributed by atoms with Crippen LogP contribution in [0, 0.1) is 0 Å². The van der Waals surface area contributed by atoms with Crippen molar-refractivity contribution < 1.29 is 14.6 Å². The minimum atomic E-state index is 0.158. The quantitative estimate of drug-likeness (QED) is 0.786. The summed E-state index contributed by atoms with van der Waals surface area (Å²) in [5, 5.41) is 9.10. The number of benzene rings is 1. The number of carbonyl (C=O) groups excluding carboxylic acids is 1. The number of carbonyl (C=O) groups is 1. The molecule has 0 aromatic heterocycles. The molecule has 1 saturated heterocycles. The molecule has 0 unspecified atom stereocenters. The normalized spacial score (nSPS) is 18.5. The molecule has 1 fully saturated rings. The molecule has 1 aromatic rings. The van der Waals surface area contributed by atoms with Gasteiger partial charge < -0.3 is 14.7 Å². The van der Waals surface area contributed by atoms with E-state index in [2.05, 4.69) is 0 Å². The van der Waals surface area contributed by atoms with E-state index in [-0.39, 0.29) is 18.6 Å². The maximum Gasteiger partial charge on any atom is 0.222 e. The van der Waals surface area contributed by atoms with E-state index in [0.717, 1.165) is 38.0 Å². The van der Waals surface area contributed by atoms with Crippen LogP contribution < -0.4 is 4.74 Å². The first kappa shape index (κ1) is 15.8. The van der Waals surface area contributed by atoms with Crippen molar-refractivity contribution in [3.63, 3.8) is 0 Å². The van der Waals surface area contributed by atoms with E-state index in [9.17, 15) is 4.79 Å². The highest BCUT2D eigenvalue weighted by Gasteiger charge is 2.25. The molecule has 1 heterocycles. The van der Waals surface area contributed by atoms with Crippen LogP contribution in [-0.2, 0) is 4.79 Å². The fourth-order valence-corrected chi connectivity index (χ4v) is 2.85. The number of hydrogen-bond acceptors (Lipinski definition) is 3. The number of likely N-dealkylation sites (tertiary alicyclic amines) is 1. The molecule has 0 bridgehead atoms. The minimum Gasteiger partial charge on any atom is -0.494 e. The summed E-state index contributed by atoms with van der Waals surface area (Å²) in [6.07, 6.45) is 5.21. The lowest BCUT2D eigenvalue weighted by Gasteiger charge is -2.35. The van der Waals surface area contributed by atoms with Crippen LogP contribution in [0.3, 0.4) is 0 Å². The second kappa shape index (κ2) is 8.67. The summed E-state index contributed by atoms with van der Waals surface area (Å²) < 4.78 is 5.61. The summed E-state index contributed by atoms with van der Waals surface area (Å²) >= 11 is 0. The van der Waals surface area contributed by atoms with Gasteiger partial charge in [0.15, 0.2) is 0 Å². The maximum atomic E-state index is 12.3. The topological polar surface area (TPSA) is 49.8 Å². The van der Waals surface area contributed by atoms with E-state index in [1.165, 1.54) is 0 Å². The van der Waals surface area contributed by atoms with Crippen LogP contribution in [0.25, 0.3) is 0 Å². The number of para-hydroxylation sites is 1. The van der Waals surface area contributed by atoms with Gasteiger partial charge in [-0.25, -0.2) is 0 Å². The van der Waals surface area contributed by atoms with E-state index in [0.29, 0.717) is 19.4 Å². The predicted molar refractivity (Wildman–Crippen MR) is 82.2 cm³/mol. The molecule has 0 spiro atoms. The van der Waals surface area contributed by atoms with Gasteiger partial charge in [-0.2, -0.15) is 0 Å². The summed E-state index contributed by atoms with van der Waals surface area (Å²) in [6.45, 7) is 1.56. The molecule has 2 rings (SSSR count). The van der Waals surface area contributed by atoms with Gasteiger partial charge in [-0.1, -0.05) is 18.2 Å². The van der Waals surface area contributed by atoms with Crippen molar-refractivity contribution >= 4 is 5.91 Å². The molecular weight excluding hydrogens is 266 g/mol. The average molecular weight is 291 g/mol. The van der Waals surface area contributed by atoms with Crippen molar-refractivity contribution in [3.05, 3.63) is 30.3 Å². The van der Waals surface area contributed by atoms with Gasteiger partial charge in [-0.3, -0.25) is 4.79 Å². The van der Waals surface area contributed by atoms with Gasteiger partial charge >= 0.3 is 0 Å². The van der Waals surface area contributed by atoms with E-state index in [1.807, 2.05) is 35.2 Å². The van der Waals surface area contributed by atoms with Gasteiger partial charge in [0.1, 0.15) is 5.75 Å². The van der Waals surface area contributed by atoms with E-state index < -0.39 is 0 Å². The van der Waals surface area contributed by atoms with Crippen molar-refractivity contribution in [1.29, 1.82) is 0 Å². The molecule has 1 amide bonds. The van der Waals surface area contributed by atoms with Crippen LogP contribution in [-0.4, -0.2) is 41.7 Å². The number of aliphatic hydroxyl groups excluding tert-OH is 1. The van der Waals surface area contributed by atoms with Crippen LogP contribution >= 0.6 is 0 Å². The summed E-state index contributed by atoms with van der Waals surface area (Å²) in [5.74, 6) is 1.05. The van der Waals surface area contributed by atoms with Gasteiger partial charge in [0.25, 0.3) is 0 Å². The molecule has 1 aliphatic rings. The number of rotatable bonds is 7. The zero-order chi connectivity index (χ0) is 14.9. The average Bonchev–Trinajstić information content (AvgIpc) is 2.53. The smallest absolute Gasteiger partial charge is 0.222 e. The molecule has 21 heavy (non-hydrogen) atoms. The fourth-order valence-electron chi connectivity index (χ4n) is 2.85. The van der Waals surface area contributed by atoms with Gasteiger partial charge in [-0.05, 0) is 44.2 Å². The van der Waals surface area contributed by atoms with E-state index in [1.54, 1.807) is 0 Å². The first-order valence-corrected chi connectivity index (χ1v) is 7.89. The molecule has 1 atom stereocenters. The Morgan fingerprint density at radius 2 is 2.10 bits per heavy atom. The monoisotopic (exact) mass is 291 g/mol. The Kier molecular flexibility index (Phi) is 6.54. The largest absolute Gasteiger partial charge is 0.494 e. The Balaban J connectivity index is 1.70. The maximum absolute atomic E-state index is 12.3. The second-order valence-electron chi connectivity index (χ2n) is 5.51. The highest BCUT2D eigenvalue weighted by Crippen LogP contribution is 2.20. The summed E-state index contributed by atoms with van der Waals surface area (Å²) in [7, 11) is 0. The number of amides is 1. The van der Waals surface area contributed by atoms with Crippen molar-refractivity contribution in [1.82, 2.24) is 4.90 Å². The van der Waals surface area contributed by atoms with Crippen LogP contribution in [0.15, 0.2) is 30.3 Å². The van der Waals surface area contributed by atoms with Crippen LogP contribution in [0.1, 0.15) is 38.5 Å². The Bertz CT molecular complexity index is 419. The Morgan fingerprint density at radius 1 is 1.29 bits per heavy atom. The molecule has 1 N–H and O–H groups in total. The molecule has 1 aromatic carbocycles. The zero-order valence-electron chi connectivity index (χ0n) is 12.5. The second-order valence-corrected chi connectivity index (χ2v) is 5.51. The van der Waals surface area contributed by atoms with Crippen molar-refractivity contribution in [2.24, 2.45) is 0 Å². The Hall–Kier alpha value is -1.55. The molecular formula is C17H25NO3. The van der Waals surface area contributed by atoms with Gasteiger partial charge in [-0.15, -0.1) is 0 Å². The Labute approximate surface area is 126 Å². The molecule has 0 radical (unpaired) electrons. The number of piperidine rings is 1. The number of aliphatic hydroxyl groups is 1. The van der Waals surface area contributed by atoms with Crippen LogP contribution in [0.4, 0.5) is 0 Å². The van der Waals surface area contributed by atoms with Gasteiger partial charge in [0, 0.05) is 25.6 Å². The van der Waals surface area contributed by atoms with Crippen molar-refractivity contribution in [2.75, 3.05) is 19.8 Å². The molecule has 4 heteroatoms. The number of nitrogens with zero attached hydrogens (tertiary/aromatic N) is 1. The highest BCUT2D eigenvalue weighted by atomic mass is 16.5. The number of ether oxygens (including phenoxy) is 1. The molecule has 1 aliphatic heterocycles. The predicted octanol–water partition coefficient (Wildman–Crippen LogP) is 2.61. The van der Waals surface area contributed by atoms with Gasteiger partial charge in [0.05, 0.1) is 6.61 Å². The first-order chi connectivity index (χ1) is 10.3. The summed E-state index contributed by atoms with van der Waals surface area (Å²) in [5.41, 5.74) is 0. The lowest BCUT2D eigenvalue weighted by Crippen LogP contribution is -2.44. The molecule has 4 nitrogen and oxygen atoms in total. The Morgan fingerprint density at radius 3 is 2.86 bits per heavy atom. The van der Waals surface area contributed by atoms with Crippen molar-refractivity contribution in [3.8, 4) is 5.75 Å². The third-order valence-corrected chi connectivity index (χ3v) is 3.96. The fraction of sp³-hybridized carbons (Fsp3) is 0.588. The zero-order valence-corrected chi connectivity index (χ0v) is 12.5. The SMILES string of the molecule is O=C(CCCOc1ccccc1)N1CCCC[C@@H]1CCO.